The maximum atomic E-state index is 5.35. The predicted molar refractivity (Wildman–Crippen MR) is 75.7 cm³/mol. The third-order valence-electron chi connectivity index (χ3n) is 3.25. The fraction of sp³-hybridized carbons (Fsp3) is 0.438. The summed E-state index contributed by atoms with van der Waals surface area (Å²) in [5.74, 6) is 0. The summed E-state index contributed by atoms with van der Waals surface area (Å²) in [6, 6.07) is 8.47. The average molecular weight is 243 g/mol. The summed E-state index contributed by atoms with van der Waals surface area (Å²) in [7, 11) is 0. The molecule has 2 rings (SSSR count). The van der Waals surface area contributed by atoms with E-state index in [4.69, 9.17) is 4.84 Å². The Bertz CT molecular complexity index is 434. The van der Waals surface area contributed by atoms with E-state index in [9.17, 15) is 0 Å². The zero-order valence-electron chi connectivity index (χ0n) is 11.1. The number of rotatable bonds is 5. The molecule has 0 aromatic heterocycles. The van der Waals surface area contributed by atoms with Crippen LogP contribution in [0.5, 0.6) is 0 Å². The third kappa shape index (κ3) is 4.02. The molecule has 0 heterocycles. The van der Waals surface area contributed by atoms with Crippen molar-refractivity contribution in [2.75, 3.05) is 0 Å². The Morgan fingerprint density at radius 3 is 2.94 bits per heavy atom. The second kappa shape index (κ2) is 7.00. The van der Waals surface area contributed by atoms with Crippen molar-refractivity contribution in [1.29, 1.82) is 0 Å². The second-order valence-corrected chi connectivity index (χ2v) is 4.71. The number of nitrogens with zero attached hydrogens (tertiary/aromatic N) is 1. The predicted octanol–water partition coefficient (Wildman–Crippen LogP) is 4.25. The fourth-order valence-electron chi connectivity index (χ4n) is 2.14. The smallest absolute Gasteiger partial charge is 0.142 e. The van der Waals surface area contributed by atoms with Gasteiger partial charge in [0, 0.05) is 0 Å². The molecule has 2 nitrogen and oxygen atoms in total. The Morgan fingerprint density at radius 1 is 1.28 bits per heavy atom. The van der Waals surface area contributed by atoms with Gasteiger partial charge in [-0.3, -0.25) is 0 Å². The Kier molecular flexibility index (Phi) is 5.00. The first-order chi connectivity index (χ1) is 8.88. The van der Waals surface area contributed by atoms with Gasteiger partial charge in [0.05, 0.1) is 6.21 Å². The Morgan fingerprint density at radius 2 is 2.17 bits per heavy atom. The van der Waals surface area contributed by atoms with Gasteiger partial charge in [-0.05, 0) is 48.8 Å². The van der Waals surface area contributed by atoms with Crippen molar-refractivity contribution in [3.05, 3.63) is 47.0 Å². The second-order valence-electron chi connectivity index (χ2n) is 4.71. The van der Waals surface area contributed by atoms with Crippen molar-refractivity contribution in [1.82, 2.24) is 0 Å². The molecule has 0 atom stereocenters. The topological polar surface area (TPSA) is 21.6 Å². The molecule has 0 bridgehead atoms. The summed E-state index contributed by atoms with van der Waals surface area (Å²) >= 11 is 0. The van der Waals surface area contributed by atoms with Gasteiger partial charge in [-0.15, -0.1) is 0 Å². The normalized spacial score (nSPS) is 15.7. The lowest BCUT2D eigenvalue weighted by molar-refractivity contribution is 0.132. The van der Waals surface area contributed by atoms with Crippen molar-refractivity contribution in [2.45, 2.75) is 45.6 Å². The van der Waals surface area contributed by atoms with E-state index < -0.39 is 0 Å². The van der Waals surface area contributed by atoms with E-state index in [2.05, 4.69) is 42.4 Å². The van der Waals surface area contributed by atoms with E-state index in [0.29, 0.717) is 6.61 Å². The lowest BCUT2D eigenvalue weighted by Gasteiger charge is -2.07. The highest BCUT2D eigenvalue weighted by atomic mass is 16.6. The van der Waals surface area contributed by atoms with Crippen molar-refractivity contribution >= 4 is 6.21 Å². The maximum Gasteiger partial charge on any atom is 0.142 e. The van der Waals surface area contributed by atoms with E-state index in [1.165, 1.54) is 36.0 Å². The van der Waals surface area contributed by atoms with Gasteiger partial charge >= 0.3 is 0 Å². The van der Waals surface area contributed by atoms with E-state index in [1.54, 1.807) is 0 Å². The van der Waals surface area contributed by atoms with Gasteiger partial charge in [0.25, 0.3) is 0 Å². The van der Waals surface area contributed by atoms with Crippen LogP contribution in [0.4, 0.5) is 0 Å². The minimum atomic E-state index is 0.553. The fourth-order valence-corrected chi connectivity index (χ4v) is 2.14. The first kappa shape index (κ1) is 12.9. The van der Waals surface area contributed by atoms with Crippen LogP contribution in [0.3, 0.4) is 0 Å². The Balaban J connectivity index is 1.80. The highest BCUT2D eigenvalue weighted by Gasteiger charge is 2.00. The number of hydrogen-bond acceptors (Lipinski definition) is 2. The molecule has 0 saturated carbocycles. The van der Waals surface area contributed by atoms with Gasteiger partial charge in [0.2, 0.25) is 0 Å². The molecule has 18 heavy (non-hydrogen) atoms. The first-order valence-electron chi connectivity index (χ1n) is 6.80. The highest BCUT2D eigenvalue weighted by Crippen LogP contribution is 2.15. The van der Waals surface area contributed by atoms with Gasteiger partial charge in [0.15, 0.2) is 0 Å². The minimum Gasteiger partial charge on any atom is -0.391 e. The average Bonchev–Trinajstić information content (AvgIpc) is 2.45. The van der Waals surface area contributed by atoms with Crippen LogP contribution in [0.1, 0.15) is 43.7 Å². The van der Waals surface area contributed by atoms with Gasteiger partial charge in [-0.2, -0.15) is 0 Å². The molecule has 1 aromatic carbocycles. The van der Waals surface area contributed by atoms with Crippen LogP contribution < -0.4 is 0 Å². The molecule has 1 aliphatic rings. The maximum absolute atomic E-state index is 5.35. The number of hydrogen-bond donors (Lipinski definition) is 0. The number of aryl methyl sites for hydroxylation is 1. The van der Waals surface area contributed by atoms with Gasteiger partial charge in [0.1, 0.15) is 6.61 Å². The van der Waals surface area contributed by atoms with Gasteiger partial charge in [-0.1, -0.05) is 42.4 Å². The molecule has 0 N–H and O–H groups in total. The van der Waals surface area contributed by atoms with Crippen LogP contribution in [0.25, 0.3) is 0 Å². The standard InChI is InChI=1S/C16H21NO/c1-2-14-9-6-10-16(11-14)13-18-17-12-15-7-4-3-5-8-15/h6-7,9-12H,2-5,8,13H2,1H3. The summed E-state index contributed by atoms with van der Waals surface area (Å²) in [5.41, 5.74) is 3.84. The number of benzene rings is 1. The van der Waals surface area contributed by atoms with Crippen LogP contribution in [0.2, 0.25) is 0 Å². The summed E-state index contributed by atoms with van der Waals surface area (Å²) in [5, 5.41) is 4.05. The lowest BCUT2D eigenvalue weighted by Crippen LogP contribution is -1.94. The number of oxime groups is 1. The third-order valence-corrected chi connectivity index (χ3v) is 3.25. The Hall–Kier alpha value is -1.57. The van der Waals surface area contributed by atoms with Crippen molar-refractivity contribution in [2.24, 2.45) is 5.16 Å². The Labute approximate surface area is 109 Å². The molecular formula is C16H21NO. The molecule has 1 aromatic rings. The zero-order chi connectivity index (χ0) is 12.6. The van der Waals surface area contributed by atoms with Gasteiger partial charge in [-0.25, -0.2) is 0 Å². The molecule has 0 fully saturated rings. The largest absolute Gasteiger partial charge is 0.391 e. The molecule has 0 aliphatic heterocycles. The molecule has 0 spiro atoms. The molecule has 96 valence electrons. The molecule has 0 unspecified atom stereocenters. The first-order valence-corrected chi connectivity index (χ1v) is 6.80. The van der Waals surface area contributed by atoms with Crippen molar-refractivity contribution in [3.63, 3.8) is 0 Å². The summed E-state index contributed by atoms with van der Waals surface area (Å²) in [4.78, 5) is 5.35. The van der Waals surface area contributed by atoms with E-state index in [1.807, 2.05) is 6.21 Å². The summed E-state index contributed by atoms with van der Waals surface area (Å²) < 4.78 is 0. The quantitative estimate of drug-likeness (QED) is 0.559. The van der Waals surface area contributed by atoms with Crippen molar-refractivity contribution < 1.29 is 4.84 Å². The van der Waals surface area contributed by atoms with Crippen LogP contribution in [0.15, 0.2) is 41.1 Å². The molecule has 0 amide bonds. The number of allylic oxidation sites excluding steroid dienone is 2. The summed E-state index contributed by atoms with van der Waals surface area (Å²) in [6.07, 6.45) is 10.1. The van der Waals surface area contributed by atoms with Crippen LogP contribution in [-0.2, 0) is 17.9 Å². The molecule has 1 aliphatic carbocycles. The highest BCUT2D eigenvalue weighted by molar-refractivity contribution is 5.78. The SMILES string of the molecule is CCc1cccc(CON=CC2=CCCCC2)c1. The van der Waals surface area contributed by atoms with Crippen LogP contribution in [0, 0.1) is 0 Å². The minimum absolute atomic E-state index is 0.553. The van der Waals surface area contributed by atoms with Crippen LogP contribution >= 0.6 is 0 Å². The lowest BCUT2D eigenvalue weighted by atomic mass is 10.0. The van der Waals surface area contributed by atoms with E-state index >= 15 is 0 Å². The molecule has 0 radical (unpaired) electrons. The summed E-state index contributed by atoms with van der Waals surface area (Å²) in [6.45, 7) is 2.71. The molecule has 2 heteroatoms. The molecule has 0 saturated heterocycles. The zero-order valence-corrected chi connectivity index (χ0v) is 11.1. The van der Waals surface area contributed by atoms with E-state index in [-0.39, 0.29) is 0 Å². The van der Waals surface area contributed by atoms with Gasteiger partial charge < -0.3 is 4.84 Å². The monoisotopic (exact) mass is 243 g/mol. The van der Waals surface area contributed by atoms with Crippen molar-refractivity contribution in [3.8, 4) is 0 Å². The molecular weight excluding hydrogens is 222 g/mol. The van der Waals surface area contributed by atoms with E-state index in [0.717, 1.165) is 12.8 Å². The van der Waals surface area contributed by atoms with Crippen LogP contribution in [-0.4, -0.2) is 6.21 Å².